The zero-order valence-electron chi connectivity index (χ0n) is 8.46. The van der Waals surface area contributed by atoms with Crippen molar-refractivity contribution in [2.24, 2.45) is 4.99 Å². The van der Waals surface area contributed by atoms with Crippen molar-refractivity contribution in [3.63, 3.8) is 0 Å². The van der Waals surface area contributed by atoms with E-state index in [-0.39, 0.29) is 0 Å². The summed E-state index contributed by atoms with van der Waals surface area (Å²) in [6.45, 7) is 0. The Morgan fingerprint density at radius 1 is 0.933 bits per heavy atom. The molecular weight excluding hydrogens is 186 g/mol. The number of aliphatic imine (C=N–C) groups is 1. The van der Waals surface area contributed by atoms with Crippen LogP contribution in [0, 0.1) is 0 Å². The van der Waals surface area contributed by atoms with Crippen LogP contribution in [0.25, 0.3) is 0 Å². The summed E-state index contributed by atoms with van der Waals surface area (Å²) in [5.41, 5.74) is 2.51. The van der Waals surface area contributed by atoms with Gasteiger partial charge in [-0.15, -0.1) is 0 Å². The summed E-state index contributed by atoms with van der Waals surface area (Å²) in [5, 5.41) is 0. The van der Waals surface area contributed by atoms with E-state index in [1.165, 1.54) is 0 Å². The Hall–Kier alpha value is -2.03. The molecule has 2 aromatic heterocycles. The molecular formula is C12H11N3. The highest BCUT2D eigenvalue weighted by atomic mass is 14.8. The normalized spacial score (nSPS) is 9.67. The van der Waals surface area contributed by atoms with Crippen molar-refractivity contribution in [3.8, 4) is 0 Å². The topological polar surface area (TPSA) is 38.1 Å². The molecule has 0 unspecified atom stereocenters. The molecule has 2 heterocycles. The van der Waals surface area contributed by atoms with Crippen LogP contribution in [0.1, 0.15) is 11.4 Å². The standard InChI is InChI=1S/C12H11N3/c1-13-12(10-6-2-4-8-14-10)11-7-3-5-9-15-11/h2-9H,1H3. The van der Waals surface area contributed by atoms with Crippen LogP contribution in [0.5, 0.6) is 0 Å². The number of hydrogen-bond donors (Lipinski definition) is 0. The summed E-state index contributed by atoms with van der Waals surface area (Å²) in [6, 6.07) is 11.5. The Kier molecular flexibility index (Phi) is 2.83. The number of nitrogens with zero attached hydrogens (tertiary/aromatic N) is 3. The third kappa shape index (κ3) is 2.07. The van der Waals surface area contributed by atoms with Gasteiger partial charge in [0.15, 0.2) is 0 Å². The van der Waals surface area contributed by atoms with Crippen molar-refractivity contribution in [1.82, 2.24) is 9.97 Å². The molecule has 0 saturated heterocycles. The number of hydrogen-bond acceptors (Lipinski definition) is 3. The van der Waals surface area contributed by atoms with Gasteiger partial charge in [-0.25, -0.2) is 0 Å². The van der Waals surface area contributed by atoms with E-state index in [1.807, 2.05) is 36.4 Å². The second-order valence-corrected chi connectivity index (χ2v) is 3.00. The van der Waals surface area contributed by atoms with Gasteiger partial charge in [0, 0.05) is 19.4 Å². The fourth-order valence-corrected chi connectivity index (χ4v) is 1.37. The molecule has 3 nitrogen and oxygen atoms in total. The summed E-state index contributed by atoms with van der Waals surface area (Å²) in [6.07, 6.45) is 3.51. The molecule has 0 N–H and O–H groups in total. The molecule has 74 valence electrons. The minimum atomic E-state index is 0.816. The number of pyridine rings is 2. The summed E-state index contributed by atoms with van der Waals surface area (Å²) >= 11 is 0. The Labute approximate surface area is 88.6 Å². The molecule has 0 aliphatic rings. The van der Waals surface area contributed by atoms with Gasteiger partial charge in [-0.05, 0) is 24.3 Å². The lowest BCUT2D eigenvalue weighted by Crippen LogP contribution is -2.07. The molecule has 3 heteroatoms. The maximum atomic E-state index is 4.26. The molecule has 15 heavy (non-hydrogen) atoms. The Balaban J connectivity index is 2.44. The first-order valence-electron chi connectivity index (χ1n) is 4.71. The highest BCUT2D eigenvalue weighted by Crippen LogP contribution is 2.05. The van der Waals surface area contributed by atoms with E-state index in [0.29, 0.717) is 0 Å². The van der Waals surface area contributed by atoms with Crippen molar-refractivity contribution < 1.29 is 0 Å². The first-order valence-corrected chi connectivity index (χ1v) is 4.71. The highest BCUT2D eigenvalue weighted by molar-refractivity contribution is 6.10. The van der Waals surface area contributed by atoms with E-state index in [2.05, 4.69) is 15.0 Å². The zero-order chi connectivity index (χ0) is 10.5. The summed E-state index contributed by atoms with van der Waals surface area (Å²) in [4.78, 5) is 12.7. The second-order valence-electron chi connectivity index (χ2n) is 3.00. The smallest absolute Gasteiger partial charge is 0.108 e. The Morgan fingerprint density at radius 3 is 1.80 bits per heavy atom. The van der Waals surface area contributed by atoms with Crippen LogP contribution in [-0.4, -0.2) is 22.7 Å². The van der Waals surface area contributed by atoms with E-state index in [9.17, 15) is 0 Å². The monoisotopic (exact) mass is 197 g/mol. The van der Waals surface area contributed by atoms with Gasteiger partial charge in [-0.2, -0.15) is 0 Å². The van der Waals surface area contributed by atoms with Crippen molar-refractivity contribution in [1.29, 1.82) is 0 Å². The van der Waals surface area contributed by atoms with Gasteiger partial charge in [0.1, 0.15) is 5.71 Å². The largest absolute Gasteiger partial charge is 0.284 e. The van der Waals surface area contributed by atoms with E-state index in [1.54, 1.807) is 19.4 Å². The molecule has 0 atom stereocenters. The van der Waals surface area contributed by atoms with Crippen molar-refractivity contribution >= 4 is 5.71 Å². The van der Waals surface area contributed by atoms with Crippen molar-refractivity contribution in [3.05, 3.63) is 60.2 Å². The first-order chi connectivity index (χ1) is 7.42. The van der Waals surface area contributed by atoms with Crippen LogP contribution in [0.3, 0.4) is 0 Å². The summed E-state index contributed by atoms with van der Waals surface area (Å²) < 4.78 is 0. The molecule has 0 aromatic carbocycles. The summed E-state index contributed by atoms with van der Waals surface area (Å²) in [5.74, 6) is 0. The van der Waals surface area contributed by atoms with Crippen molar-refractivity contribution in [2.45, 2.75) is 0 Å². The van der Waals surface area contributed by atoms with Gasteiger partial charge in [-0.3, -0.25) is 15.0 Å². The molecule has 0 aliphatic heterocycles. The third-order valence-corrected chi connectivity index (χ3v) is 2.04. The van der Waals surface area contributed by atoms with E-state index >= 15 is 0 Å². The maximum Gasteiger partial charge on any atom is 0.108 e. The van der Waals surface area contributed by atoms with Crippen molar-refractivity contribution in [2.75, 3.05) is 7.05 Å². The van der Waals surface area contributed by atoms with Crippen LogP contribution in [0.4, 0.5) is 0 Å². The second kappa shape index (κ2) is 4.46. The molecule has 0 spiro atoms. The Morgan fingerprint density at radius 2 is 1.47 bits per heavy atom. The molecule has 0 fully saturated rings. The fourth-order valence-electron chi connectivity index (χ4n) is 1.37. The molecule has 2 rings (SSSR count). The van der Waals surface area contributed by atoms with Crippen LogP contribution in [-0.2, 0) is 0 Å². The third-order valence-electron chi connectivity index (χ3n) is 2.04. The molecule has 0 aliphatic carbocycles. The Bertz CT molecular complexity index is 407. The minimum absolute atomic E-state index is 0.816. The van der Waals surface area contributed by atoms with Gasteiger partial charge < -0.3 is 0 Å². The van der Waals surface area contributed by atoms with Gasteiger partial charge in [-0.1, -0.05) is 12.1 Å². The SMILES string of the molecule is CN=C(c1ccccn1)c1ccccn1. The average molecular weight is 197 g/mol. The predicted molar refractivity (Wildman–Crippen MR) is 60.0 cm³/mol. The molecule has 0 radical (unpaired) electrons. The zero-order valence-corrected chi connectivity index (χ0v) is 8.46. The fraction of sp³-hybridized carbons (Fsp3) is 0.0833. The number of rotatable bonds is 2. The quantitative estimate of drug-likeness (QED) is 0.690. The average Bonchev–Trinajstić information content (AvgIpc) is 2.33. The lowest BCUT2D eigenvalue weighted by Gasteiger charge is -2.03. The number of aromatic nitrogens is 2. The highest BCUT2D eigenvalue weighted by Gasteiger charge is 2.06. The van der Waals surface area contributed by atoms with Gasteiger partial charge in [0.2, 0.25) is 0 Å². The molecule has 2 aromatic rings. The van der Waals surface area contributed by atoms with E-state index in [0.717, 1.165) is 17.1 Å². The minimum Gasteiger partial charge on any atom is -0.284 e. The summed E-state index contributed by atoms with van der Waals surface area (Å²) in [7, 11) is 1.75. The van der Waals surface area contributed by atoms with E-state index in [4.69, 9.17) is 0 Å². The molecule has 0 bridgehead atoms. The maximum absolute atomic E-state index is 4.26. The van der Waals surface area contributed by atoms with Gasteiger partial charge >= 0.3 is 0 Å². The van der Waals surface area contributed by atoms with Crippen LogP contribution in [0.2, 0.25) is 0 Å². The van der Waals surface area contributed by atoms with Gasteiger partial charge in [0.25, 0.3) is 0 Å². The van der Waals surface area contributed by atoms with E-state index < -0.39 is 0 Å². The molecule has 0 saturated carbocycles. The van der Waals surface area contributed by atoms with Crippen LogP contribution in [0.15, 0.2) is 53.8 Å². The first kappa shape index (κ1) is 9.52. The van der Waals surface area contributed by atoms with Crippen LogP contribution < -0.4 is 0 Å². The van der Waals surface area contributed by atoms with Gasteiger partial charge in [0.05, 0.1) is 11.4 Å². The lowest BCUT2D eigenvalue weighted by molar-refractivity contribution is 1.23. The molecule has 0 amide bonds. The lowest BCUT2D eigenvalue weighted by atomic mass is 10.1. The van der Waals surface area contributed by atoms with Crippen LogP contribution >= 0.6 is 0 Å². The predicted octanol–water partition coefficient (Wildman–Crippen LogP) is 1.94.